The summed E-state index contributed by atoms with van der Waals surface area (Å²) in [6.07, 6.45) is 0. The molecule has 0 heterocycles. The van der Waals surface area contributed by atoms with Crippen LogP contribution in [-0.4, -0.2) is 29.0 Å². The van der Waals surface area contributed by atoms with E-state index in [1.165, 1.54) is 0 Å². The molecule has 0 spiro atoms. The second kappa shape index (κ2) is 7.66. The van der Waals surface area contributed by atoms with Crippen molar-refractivity contribution in [2.24, 2.45) is 10.7 Å². The summed E-state index contributed by atoms with van der Waals surface area (Å²) in [6, 6.07) is 9.37. The van der Waals surface area contributed by atoms with E-state index in [-0.39, 0.29) is 0 Å². The first-order valence-electron chi connectivity index (χ1n) is 5.71. The molecule has 0 aliphatic heterocycles. The van der Waals surface area contributed by atoms with Crippen molar-refractivity contribution < 1.29 is 4.21 Å². The first-order chi connectivity index (χ1) is 8.59. The summed E-state index contributed by atoms with van der Waals surface area (Å²) in [6.45, 7) is 6.68. The van der Waals surface area contributed by atoms with Crippen molar-refractivity contribution in [3.8, 4) is 0 Å². The highest BCUT2D eigenvalue weighted by molar-refractivity contribution is 7.85. The molecule has 0 bridgehead atoms. The topological polar surface area (TPSA) is 67.5 Å². The van der Waals surface area contributed by atoms with Gasteiger partial charge in [-0.3, -0.25) is 4.21 Å². The Morgan fingerprint density at radius 2 is 2.11 bits per heavy atom. The third-order valence-electron chi connectivity index (χ3n) is 2.12. The van der Waals surface area contributed by atoms with Gasteiger partial charge in [0.15, 0.2) is 5.96 Å². The molecule has 0 radical (unpaired) electrons. The Bertz CT molecular complexity index is 443. The highest BCUT2D eigenvalue weighted by atomic mass is 32.2. The number of benzene rings is 1. The Kier molecular flexibility index (Phi) is 6.14. The van der Waals surface area contributed by atoms with Crippen molar-refractivity contribution in [3.05, 3.63) is 42.5 Å². The van der Waals surface area contributed by atoms with Crippen LogP contribution in [0.15, 0.2) is 52.4 Å². The molecule has 1 aromatic carbocycles. The molecule has 0 aliphatic carbocycles. The van der Waals surface area contributed by atoms with Crippen LogP contribution in [-0.2, 0) is 10.8 Å². The van der Waals surface area contributed by atoms with E-state index in [0.29, 0.717) is 24.8 Å². The second-order valence-corrected chi connectivity index (χ2v) is 5.52. The molecule has 0 fully saturated rings. The van der Waals surface area contributed by atoms with E-state index in [0.717, 1.165) is 10.5 Å². The number of hydrogen-bond acceptors (Lipinski definition) is 2. The molecule has 0 aromatic heterocycles. The van der Waals surface area contributed by atoms with Gasteiger partial charge in [0.05, 0.1) is 17.3 Å². The summed E-state index contributed by atoms with van der Waals surface area (Å²) in [7, 11) is -1.00. The van der Waals surface area contributed by atoms with Crippen molar-refractivity contribution in [2.45, 2.75) is 11.8 Å². The van der Waals surface area contributed by atoms with Gasteiger partial charge < -0.3 is 11.1 Å². The third-order valence-corrected chi connectivity index (χ3v) is 3.49. The SMILES string of the molecule is C=C(C)CN=C(N)NCCS(=O)c1ccccc1. The molecule has 0 aliphatic rings. The zero-order chi connectivity index (χ0) is 13.4. The zero-order valence-corrected chi connectivity index (χ0v) is 11.4. The first-order valence-corrected chi connectivity index (χ1v) is 7.03. The molecule has 0 saturated heterocycles. The maximum absolute atomic E-state index is 11.9. The molecule has 3 N–H and O–H groups in total. The van der Waals surface area contributed by atoms with E-state index >= 15 is 0 Å². The van der Waals surface area contributed by atoms with Gasteiger partial charge in [0, 0.05) is 17.2 Å². The zero-order valence-electron chi connectivity index (χ0n) is 10.6. The lowest BCUT2D eigenvalue weighted by Gasteiger charge is -2.05. The van der Waals surface area contributed by atoms with Crippen LogP contribution in [0.1, 0.15) is 6.92 Å². The van der Waals surface area contributed by atoms with Gasteiger partial charge in [-0.2, -0.15) is 0 Å². The van der Waals surface area contributed by atoms with E-state index in [1.807, 2.05) is 37.3 Å². The molecule has 1 unspecified atom stereocenters. The number of nitrogens with zero attached hydrogens (tertiary/aromatic N) is 1. The van der Waals surface area contributed by atoms with E-state index in [4.69, 9.17) is 5.73 Å². The molecule has 1 atom stereocenters. The number of hydrogen-bond donors (Lipinski definition) is 2. The monoisotopic (exact) mass is 265 g/mol. The van der Waals surface area contributed by atoms with E-state index in [9.17, 15) is 4.21 Å². The van der Waals surface area contributed by atoms with Crippen molar-refractivity contribution in [1.82, 2.24) is 5.32 Å². The lowest BCUT2D eigenvalue weighted by molar-refractivity contribution is 0.681. The molecule has 0 amide bonds. The number of nitrogens with two attached hydrogens (primary N) is 1. The maximum atomic E-state index is 11.9. The molecular weight excluding hydrogens is 246 g/mol. The fourth-order valence-electron chi connectivity index (χ4n) is 1.24. The van der Waals surface area contributed by atoms with Crippen LogP contribution < -0.4 is 11.1 Å². The average Bonchev–Trinajstić information content (AvgIpc) is 2.37. The minimum Gasteiger partial charge on any atom is -0.370 e. The van der Waals surface area contributed by atoms with Gasteiger partial charge in [0.2, 0.25) is 0 Å². The summed E-state index contributed by atoms with van der Waals surface area (Å²) in [5.74, 6) is 0.871. The number of nitrogens with one attached hydrogen (secondary N) is 1. The number of guanidine groups is 1. The largest absolute Gasteiger partial charge is 0.370 e. The summed E-state index contributed by atoms with van der Waals surface area (Å²) < 4.78 is 11.9. The van der Waals surface area contributed by atoms with Gasteiger partial charge in [-0.1, -0.05) is 30.4 Å². The van der Waals surface area contributed by atoms with Crippen molar-refractivity contribution in [3.63, 3.8) is 0 Å². The van der Waals surface area contributed by atoms with E-state index < -0.39 is 10.8 Å². The Balaban J connectivity index is 2.32. The van der Waals surface area contributed by atoms with E-state index in [1.54, 1.807) is 0 Å². The summed E-state index contributed by atoms with van der Waals surface area (Å²) in [5, 5.41) is 2.93. The highest BCUT2D eigenvalue weighted by Gasteiger charge is 2.02. The molecule has 1 rings (SSSR count). The van der Waals surface area contributed by atoms with Crippen LogP contribution in [0, 0.1) is 0 Å². The van der Waals surface area contributed by atoms with Crippen LogP contribution in [0.5, 0.6) is 0 Å². The Hall–Kier alpha value is -1.62. The lowest BCUT2D eigenvalue weighted by Crippen LogP contribution is -2.34. The minimum atomic E-state index is -1.00. The smallest absolute Gasteiger partial charge is 0.188 e. The fourth-order valence-corrected chi connectivity index (χ4v) is 2.22. The first kappa shape index (κ1) is 14.4. The van der Waals surface area contributed by atoms with Crippen LogP contribution >= 0.6 is 0 Å². The fraction of sp³-hybridized carbons (Fsp3) is 0.308. The molecule has 18 heavy (non-hydrogen) atoms. The van der Waals surface area contributed by atoms with Gasteiger partial charge in [-0.25, -0.2) is 4.99 Å². The standard InChI is InChI=1S/C13H19N3OS/c1-11(2)10-16-13(14)15-8-9-18(17)12-6-4-3-5-7-12/h3-7H,1,8-10H2,2H3,(H3,14,15,16). The molecule has 4 nitrogen and oxygen atoms in total. The van der Waals surface area contributed by atoms with Crippen LogP contribution in [0.2, 0.25) is 0 Å². The van der Waals surface area contributed by atoms with Crippen LogP contribution in [0.25, 0.3) is 0 Å². The summed E-state index contributed by atoms with van der Waals surface area (Å²) >= 11 is 0. The molecular formula is C13H19N3OS. The van der Waals surface area contributed by atoms with Crippen molar-refractivity contribution in [1.29, 1.82) is 0 Å². The Labute approximate surface area is 110 Å². The van der Waals surface area contributed by atoms with Crippen LogP contribution in [0.3, 0.4) is 0 Å². The average molecular weight is 265 g/mol. The predicted octanol–water partition coefficient (Wildman–Crippen LogP) is 1.27. The van der Waals surface area contributed by atoms with Gasteiger partial charge >= 0.3 is 0 Å². The number of aliphatic imine (C=N–C) groups is 1. The lowest BCUT2D eigenvalue weighted by atomic mass is 10.4. The quantitative estimate of drug-likeness (QED) is 0.462. The molecule has 98 valence electrons. The maximum Gasteiger partial charge on any atom is 0.188 e. The number of rotatable bonds is 6. The minimum absolute atomic E-state index is 0.364. The molecule has 5 heteroatoms. The summed E-state index contributed by atoms with van der Waals surface area (Å²) in [5.41, 5.74) is 6.60. The molecule has 0 saturated carbocycles. The Morgan fingerprint density at radius 1 is 1.44 bits per heavy atom. The van der Waals surface area contributed by atoms with Gasteiger partial charge in [-0.05, 0) is 19.1 Å². The molecule has 1 aromatic rings. The van der Waals surface area contributed by atoms with Crippen molar-refractivity contribution >= 4 is 16.8 Å². The van der Waals surface area contributed by atoms with Crippen LogP contribution in [0.4, 0.5) is 0 Å². The highest BCUT2D eigenvalue weighted by Crippen LogP contribution is 2.04. The van der Waals surface area contributed by atoms with Crippen molar-refractivity contribution in [2.75, 3.05) is 18.8 Å². The summed E-state index contributed by atoms with van der Waals surface area (Å²) in [4.78, 5) is 4.91. The third kappa shape index (κ3) is 5.63. The predicted molar refractivity (Wildman–Crippen MR) is 77.0 cm³/mol. The van der Waals surface area contributed by atoms with E-state index in [2.05, 4.69) is 16.9 Å². The second-order valence-electron chi connectivity index (χ2n) is 3.95. The Morgan fingerprint density at radius 3 is 2.72 bits per heavy atom. The normalized spacial score (nSPS) is 13.1. The van der Waals surface area contributed by atoms with Gasteiger partial charge in [0.1, 0.15) is 0 Å². The van der Waals surface area contributed by atoms with Gasteiger partial charge in [-0.15, -0.1) is 0 Å². The van der Waals surface area contributed by atoms with Gasteiger partial charge in [0.25, 0.3) is 0 Å².